The van der Waals surface area contributed by atoms with Crippen LogP contribution in [0.5, 0.6) is 0 Å². The number of carbonyl (C=O) groups is 3. The second-order valence-electron chi connectivity index (χ2n) is 6.69. The predicted octanol–water partition coefficient (Wildman–Crippen LogP) is 2.18. The largest absolute Gasteiger partial charge is 0.481 e. The summed E-state index contributed by atoms with van der Waals surface area (Å²) >= 11 is 0. The number of hydrogen-bond donors (Lipinski definition) is 4. The molecule has 0 fully saturated rings. The Morgan fingerprint density at radius 2 is 1.90 bits per heavy atom. The molecule has 10 nitrogen and oxygen atoms in total. The summed E-state index contributed by atoms with van der Waals surface area (Å²) < 4.78 is 5.18. The van der Waals surface area contributed by atoms with Crippen LogP contribution in [0, 0.1) is 6.92 Å². The van der Waals surface area contributed by atoms with E-state index in [0.717, 1.165) is 11.8 Å². The van der Waals surface area contributed by atoms with Gasteiger partial charge in [-0.25, -0.2) is 4.98 Å². The molecule has 0 spiro atoms. The zero-order valence-electron chi connectivity index (χ0n) is 16.7. The Labute approximate surface area is 177 Å². The van der Waals surface area contributed by atoms with Crippen molar-refractivity contribution in [2.75, 3.05) is 11.9 Å². The third-order valence-electron chi connectivity index (χ3n) is 4.24. The van der Waals surface area contributed by atoms with Crippen molar-refractivity contribution in [3.05, 3.63) is 71.7 Å². The van der Waals surface area contributed by atoms with Crippen molar-refractivity contribution in [2.45, 2.75) is 19.4 Å². The van der Waals surface area contributed by atoms with Gasteiger partial charge in [0, 0.05) is 6.20 Å². The third-order valence-corrected chi connectivity index (χ3v) is 4.24. The van der Waals surface area contributed by atoms with E-state index in [2.05, 4.69) is 25.9 Å². The van der Waals surface area contributed by atoms with Crippen LogP contribution in [0.4, 0.5) is 11.8 Å². The molecule has 0 saturated carbocycles. The van der Waals surface area contributed by atoms with Crippen LogP contribution in [0.15, 0.2) is 59.3 Å². The Morgan fingerprint density at radius 1 is 1.13 bits per heavy atom. The number of aromatic nitrogens is 2. The van der Waals surface area contributed by atoms with Gasteiger partial charge in [-0.05, 0) is 24.6 Å². The van der Waals surface area contributed by atoms with Gasteiger partial charge >= 0.3 is 12.0 Å². The summed E-state index contributed by atoms with van der Waals surface area (Å²) in [7, 11) is 0. The average Bonchev–Trinajstić information content (AvgIpc) is 3.21. The number of nitrogens with zero attached hydrogens (tertiary/aromatic N) is 2. The lowest BCUT2D eigenvalue weighted by Gasteiger charge is -2.18. The van der Waals surface area contributed by atoms with E-state index in [9.17, 15) is 14.4 Å². The SMILES string of the molecule is Cc1ccc(C(CC(=O)O)NC(=O)CNC(=O)c2coc(Nc3ccccn3)n2)cc1. The number of amides is 2. The summed E-state index contributed by atoms with van der Waals surface area (Å²) in [6.07, 6.45) is 2.46. The first kappa shape index (κ1) is 21.5. The van der Waals surface area contributed by atoms with Crippen molar-refractivity contribution in [1.29, 1.82) is 0 Å². The molecule has 0 aliphatic carbocycles. The zero-order chi connectivity index (χ0) is 22.2. The fourth-order valence-electron chi connectivity index (χ4n) is 2.70. The smallest absolute Gasteiger partial charge is 0.305 e. The molecule has 1 unspecified atom stereocenters. The van der Waals surface area contributed by atoms with Gasteiger partial charge in [-0.15, -0.1) is 0 Å². The standard InChI is InChI=1S/C21H21N5O5/c1-13-5-7-14(8-6-13)15(10-19(28)29)24-18(27)11-23-20(30)16-12-31-21(25-16)26-17-4-2-3-9-22-17/h2-9,12,15H,10-11H2,1H3,(H,23,30)(H,24,27)(H,28,29)(H,22,25,26). The molecule has 2 aromatic heterocycles. The number of aliphatic carboxylic acids is 1. The van der Waals surface area contributed by atoms with Crippen LogP contribution in [-0.2, 0) is 9.59 Å². The lowest BCUT2D eigenvalue weighted by Crippen LogP contribution is -2.39. The summed E-state index contributed by atoms with van der Waals surface area (Å²) in [6.45, 7) is 1.56. The molecule has 2 heterocycles. The second kappa shape index (κ2) is 10.0. The maximum absolute atomic E-state index is 12.3. The monoisotopic (exact) mass is 423 g/mol. The molecule has 10 heteroatoms. The number of benzene rings is 1. The first-order valence-electron chi connectivity index (χ1n) is 9.40. The lowest BCUT2D eigenvalue weighted by atomic mass is 10.0. The Kier molecular flexibility index (Phi) is 6.94. The number of rotatable bonds is 9. The molecule has 2 amide bonds. The molecule has 3 rings (SSSR count). The van der Waals surface area contributed by atoms with Crippen molar-refractivity contribution < 1.29 is 23.9 Å². The Balaban J connectivity index is 1.54. The highest BCUT2D eigenvalue weighted by molar-refractivity contribution is 5.95. The van der Waals surface area contributed by atoms with Gasteiger partial charge < -0.3 is 20.2 Å². The van der Waals surface area contributed by atoms with Gasteiger partial charge in [0.1, 0.15) is 12.1 Å². The van der Waals surface area contributed by atoms with Gasteiger partial charge in [-0.1, -0.05) is 35.9 Å². The summed E-state index contributed by atoms with van der Waals surface area (Å²) in [6, 6.07) is 11.8. The minimum atomic E-state index is -1.05. The average molecular weight is 423 g/mol. The van der Waals surface area contributed by atoms with Gasteiger partial charge in [-0.3, -0.25) is 19.7 Å². The number of carboxylic acid groups (broad SMARTS) is 1. The maximum Gasteiger partial charge on any atom is 0.305 e. The number of nitrogens with one attached hydrogen (secondary N) is 3. The fourth-order valence-corrected chi connectivity index (χ4v) is 2.70. The van der Waals surface area contributed by atoms with E-state index < -0.39 is 23.8 Å². The number of carboxylic acids is 1. The number of hydrogen-bond acceptors (Lipinski definition) is 7. The molecule has 0 aliphatic heterocycles. The van der Waals surface area contributed by atoms with Gasteiger partial charge in [-0.2, -0.15) is 4.98 Å². The number of oxazole rings is 1. The van der Waals surface area contributed by atoms with Crippen molar-refractivity contribution in [1.82, 2.24) is 20.6 Å². The van der Waals surface area contributed by atoms with Crippen LogP contribution < -0.4 is 16.0 Å². The topological polar surface area (TPSA) is 146 Å². The lowest BCUT2D eigenvalue weighted by molar-refractivity contribution is -0.137. The molecule has 0 saturated heterocycles. The second-order valence-corrected chi connectivity index (χ2v) is 6.69. The minimum absolute atomic E-state index is 0.0214. The zero-order valence-corrected chi connectivity index (χ0v) is 16.7. The van der Waals surface area contributed by atoms with Crippen LogP contribution in [0.25, 0.3) is 0 Å². The van der Waals surface area contributed by atoms with Gasteiger partial charge in [0.25, 0.3) is 5.91 Å². The molecule has 1 atom stereocenters. The number of aryl methyl sites for hydroxylation is 1. The van der Waals surface area contributed by atoms with Crippen LogP contribution in [0.2, 0.25) is 0 Å². The fraction of sp³-hybridized carbons (Fsp3) is 0.190. The highest BCUT2D eigenvalue weighted by Gasteiger charge is 2.19. The molecule has 0 radical (unpaired) electrons. The van der Waals surface area contributed by atoms with Gasteiger partial charge in [0.15, 0.2) is 5.69 Å². The first-order valence-corrected chi connectivity index (χ1v) is 9.40. The van der Waals surface area contributed by atoms with Crippen LogP contribution in [0.1, 0.15) is 34.1 Å². The first-order chi connectivity index (χ1) is 14.9. The Hall–Kier alpha value is -4.21. The van der Waals surface area contributed by atoms with Crippen LogP contribution in [-0.4, -0.2) is 39.4 Å². The van der Waals surface area contributed by atoms with E-state index in [0.29, 0.717) is 11.4 Å². The van der Waals surface area contributed by atoms with E-state index in [1.807, 2.05) is 19.1 Å². The van der Waals surface area contributed by atoms with E-state index in [4.69, 9.17) is 9.52 Å². The molecular weight excluding hydrogens is 402 g/mol. The number of pyridine rings is 1. The number of anilines is 2. The predicted molar refractivity (Wildman–Crippen MR) is 111 cm³/mol. The van der Waals surface area contributed by atoms with Crippen LogP contribution >= 0.6 is 0 Å². The van der Waals surface area contributed by atoms with Crippen molar-refractivity contribution in [2.24, 2.45) is 0 Å². The highest BCUT2D eigenvalue weighted by Crippen LogP contribution is 2.17. The molecular formula is C21H21N5O5. The highest BCUT2D eigenvalue weighted by atomic mass is 16.4. The summed E-state index contributed by atoms with van der Waals surface area (Å²) in [4.78, 5) is 43.7. The Morgan fingerprint density at radius 3 is 2.58 bits per heavy atom. The maximum atomic E-state index is 12.3. The molecule has 3 aromatic rings. The minimum Gasteiger partial charge on any atom is -0.481 e. The quantitative estimate of drug-likeness (QED) is 0.410. The normalized spacial score (nSPS) is 11.4. The van der Waals surface area contributed by atoms with Crippen molar-refractivity contribution in [3.63, 3.8) is 0 Å². The van der Waals surface area contributed by atoms with Gasteiger partial charge in [0.2, 0.25) is 5.91 Å². The molecule has 4 N–H and O–H groups in total. The van der Waals surface area contributed by atoms with Gasteiger partial charge in [0.05, 0.1) is 19.0 Å². The molecule has 31 heavy (non-hydrogen) atoms. The van der Waals surface area contributed by atoms with E-state index in [-0.39, 0.29) is 24.7 Å². The molecule has 0 bridgehead atoms. The van der Waals surface area contributed by atoms with Crippen LogP contribution in [0.3, 0.4) is 0 Å². The van der Waals surface area contributed by atoms with E-state index in [1.54, 1.807) is 36.5 Å². The molecule has 1 aromatic carbocycles. The molecule has 0 aliphatic rings. The van der Waals surface area contributed by atoms with Crippen molar-refractivity contribution >= 4 is 29.6 Å². The Bertz CT molecular complexity index is 1050. The van der Waals surface area contributed by atoms with Crippen molar-refractivity contribution in [3.8, 4) is 0 Å². The summed E-state index contributed by atoms with van der Waals surface area (Å²) in [5, 5.41) is 17.0. The van der Waals surface area contributed by atoms with E-state index >= 15 is 0 Å². The summed E-state index contributed by atoms with van der Waals surface area (Å²) in [5.74, 6) is -1.70. The van der Waals surface area contributed by atoms with E-state index in [1.165, 1.54) is 0 Å². The summed E-state index contributed by atoms with van der Waals surface area (Å²) in [5.41, 5.74) is 1.65. The number of carbonyl (C=O) groups excluding carboxylic acids is 2. The molecule has 160 valence electrons. The third kappa shape index (κ3) is 6.39.